The first-order chi connectivity index (χ1) is 9.55. The fraction of sp³-hybridized carbons (Fsp3) is 0.882. The number of fused-ring (bicyclic) bond motifs is 1. The Morgan fingerprint density at radius 2 is 1.95 bits per heavy atom. The zero-order chi connectivity index (χ0) is 15.8. The lowest BCUT2D eigenvalue weighted by Crippen LogP contribution is -2.59. The first-order valence-electron chi connectivity index (χ1n) is 7.91. The van der Waals surface area contributed by atoms with E-state index in [1.54, 1.807) is 0 Å². The molecule has 4 aliphatic rings. The molecule has 118 valence electrons. The Balaban J connectivity index is 2.02. The van der Waals surface area contributed by atoms with Crippen LogP contribution in [0.5, 0.6) is 0 Å². The van der Waals surface area contributed by atoms with E-state index in [0.717, 1.165) is 12.8 Å². The zero-order valence-corrected chi connectivity index (χ0v) is 13.6. The van der Waals surface area contributed by atoms with E-state index in [1.165, 1.54) is 7.11 Å². The fourth-order valence-electron chi connectivity index (χ4n) is 5.66. The van der Waals surface area contributed by atoms with Crippen molar-refractivity contribution in [1.82, 2.24) is 0 Å². The minimum Gasteiger partial charge on any atom is -0.469 e. The van der Waals surface area contributed by atoms with Gasteiger partial charge in [0.2, 0.25) is 0 Å². The van der Waals surface area contributed by atoms with Crippen molar-refractivity contribution < 1.29 is 19.4 Å². The van der Waals surface area contributed by atoms with Gasteiger partial charge in [-0.1, -0.05) is 6.92 Å². The van der Waals surface area contributed by atoms with Crippen LogP contribution < -0.4 is 0 Å². The minimum atomic E-state index is -0.769. The van der Waals surface area contributed by atoms with E-state index in [9.17, 15) is 14.7 Å². The summed E-state index contributed by atoms with van der Waals surface area (Å²) in [6, 6.07) is 0. The topological polar surface area (TPSA) is 63.6 Å². The van der Waals surface area contributed by atoms with E-state index in [2.05, 4.69) is 0 Å². The van der Waals surface area contributed by atoms with Crippen LogP contribution in [0.3, 0.4) is 0 Å². The van der Waals surface area contributed by atoms with Crippen molar-refractivity contribution in [3.63, 3.8) is 0 Å². The normalized spacial score (nSPS) is 48.6. The molecule has 0 aromatic rings. The van der Waals surface area contributed by atoms with Gasteiger partial charge in [0.15, 0.2) is 0 Å². The number of hydrogen-bond acceptors (Lipinski definition) is 4. The van der Waals surface area contributed by atoms with Crippen LogP contribution >= 0.6 is 0 Å². The SMILES string of the molecule is COC(=O)[C@@]1(C)CC2C3CC1C(=O)[C@]2(C)CC3C(C)(C)O. The Kier molecular flexibility index (Phi) is 2.93. The van der Waals surface area contributed by atoms with Crippen LogP contribution in [0.4, 0.5) is 0 Å². The summed E-state index contributed by atoms with van der Waals surface area (Å²) in [4.78, 5) is 25.2. The number of ether oxygens (including phenoxy) is 1. The molecule has 4 saturated carbocycles. The number of esters is 1. The van der Waals surface area contributed by atoms with Crippen molar-refractivity contribution in [1.29, 1.82) is 0 Å². The van der Waals surface area contributed by atoms with Gasteiger partial charge in [-0.25, -0.2) is 0 Å². The number of methoxy groups -OCH3 is 1. The second kappa shape index (κ2) is 4.09. The van der Waals surface area contributed by atoms with E-state index >= 15 is 0 Å². The van der Waals surface area contributed by atoms with Gasteiger partial charge >= 0.3 is 5.97 Å². The van der Waals surface area contributed by atoms with Gasteiger partial charge in [-0.2, -0.15) is 0 Å². The standard InChI is InChI=1S/C17H26O4/c1-15(2,20)11-7-16(3)12-8-17(4,14(19)21-5)10(13(16)18)6-9(11)12/h9-12,20H,6-8H2,1-5H3/t9?,10?,11?,12?,16-,17+/m1/s1. The van der Waals surface area contributed by atoms with E-state index < -0.39 is 11.0 Å². The molecule has 6 atom stereocenters. The lowest BCUT2D eigenvalue weighted by Gasteiger charge is -2.55. The molecule has 0 amide bonds. The number of carbonyl (C=O) groups is 2. The van der Waals surface area contributed by atoms with Gasteiger partial charge in [0.05, 0.1) is 18.1 Å². The largest absolute Gasteiger partial charge is 0.469 e. The summed E-state index contributed by atoms with van der Waals surface area (Å²) < 4.78 is 4.97. The van der Waals surface area contributed by atoms with Gasteiger partial charge in [0.1, 0.15) is 5.78 Å². The van der Waals surface area contributed by atoms with Crippen LogP contribution in [0.1, 0.15) is 47.0 Å². The van der Waals surface area contributed by atoms with Crippen molar-refractivity contribution in [2.75, 3.05) is 7.11 Å². The molecule has 0 aromatic heterocycles. The maximum absolute atomic E-state index is 13.0. The van der Waals surface area contributed by atoms with E-state index in [0.29, 0.717) is 12.3 Å². The quantitative estimate of drug-likeness (QED) is 0.793. The van der Waals surface area contributed by atoms with Gasteiger partial charge in [0, 0.05) is 11.3 Å². The van der Waals surface area contributed by atoms with E-state index in [-0.39, 0.29) is 34.9 Å². The minimum absolute atomic E-state index is 0.142. The molecule has 0 saturated heterocycles. The molecule has 1 N–H and O–H groups in total. The van der Waals surface area contributed by atoms with Crippen LogP contribution in [0.25, 0.3) is 0 Å². The third kappa shape index (κ3) is 1.71. The van der Waals surface area contributed by atoms with Crippen LogP contribution in [-0.2, 0) is 14.3 Å². The highest BCUT2D eigenvalue weighted by molar-refractivity contribution is 5.95. The monoisotopic (exact) mass is 294 g/mol. The van der Waals surface area contributed by atoms with Gasteiger partial charge in [-0.15, -0.1) is 0 Å². The van der Waals surface area contributed by atoms with Gasteiger partial charge < -0.3 is 9.84 Å². The van der Waals surface area contributed by atoms with Gasteiger partial charge in [0.25, 0.3) is 0 Å². The summed E-state index contributed by atoms with van der Waals surface area (Å²) >= 11 is 0. The average Bonchev–Trinajstić information content (AvgIpc) is 2.63. The molecule has 0 spiro atoms. The third-order valence-corrected chi connectivity index (χ3v) is 6.86. The van der Waals surface area contributed by atoms with Crippen molar-refractivity contribution >= 4 is 11.8 Å². The average molecular weight is 294 g/mol. The first kappa shape index (κ1) is 15.0. The number of ketones is 1. The summed E-state index contributed by atoms with van der Waals surface area (Å²) in [6.45, 7) is 7.62. The lowest BCUT2D eigenvalue weighted by atomic mass is 9.47. The lowest BCUT2D eigenvalue weighted by molar-refractivity contribution is -0.178. The van der Waals surface area contributed by atoms with Crippen LogP contribution in [-0.4, -0.2) is 29.6 Å². The summed E-state index contributed by atoms with van der Waals surface area (Å²) in [7, 11) is 1.40. The highest BCUT2D eigenvalue weighted by Crippen LogP contribution is 2.69. The number of carbonyl (C=O) groups excluding carboxylic acids is 2. The molecule has 4 heteroatoms. The fourth-order valence-corrected chi connectivity index (χ4v) is 5.66. The van der Waals surface area contributed by atoms with Crippen molar-refractivity contribution in [2.45, 2.75) is 52.6 Å². The first-order valence-corrected chi connectivity index (χ1v) is 7.91. The second-order valence-electron chi connectivity index (χ2n) is 8.42. The molecule has 4 nitrogen and oxygen atoms in total. The molecule has 4 unspecified atom stereocenters. The molecule has 0 heterocycles. The highest BCUT2D eigenvalue weighted by Gasteiger charge is 2.71. The number of aliphatic hydroxyl groups is 1. The Morgan fingerprint density at radius 3 is 2.48 bits per heavy atom. The predicted molar refractivity (Wildman–Crippen MR) is 77.3 cm³/mol. The Hall–Kier alpha value is -0.900. The van der Waals surface area contributed by atoms with Crippen molar-refractivity contribution in [2.24, 2.45) is 34.5 Å². The molecule has 4 fully saturated rings. The van der Waals surface area contributed by atoms with Crippen molar-refractivity contribution in [3.8, 4) is 0 Å². The third-order valence-electron chi connectivity index (χ3n) is 6.86. The molecular formula is C17H26O4. The second-order valence-corrected chi connectivity index (χ2v) is 8.42. The van der Waals surface area contributed by atoms with E-state index in [4.69, 9.17) is 4.74 Å². The molecule has 4 rings (SSSR count). The van der Waals surface area contributed by atoms with E-state index in [1.807, 2.05) is 27.7 Å². The molecule has 0 aliphatic heterocycles. The Labute approximate surface area is 126 Å². The number of rotatable bonds is 2. The Bertz CT molecular complexity index is 505. The van der Waals surface area contributed by atoms with Crippen LogP contribution in [0.2, 0.25) is 0 Å². The summed E-state index contributed by atoms with van der Waals surface area (Å²) in [6.07, 6.45) is 2.18. The molecule has 4 aliphatic carbocycles. The molecule has 0 aromatic carbocycles. The maximum atomic E-state index is 13.0. The van der Waals surface area contributed by atoms with Gasteiger partial charge in [-0.05, 0) is 57.8 Å². The predicted octanol–water partition coefficient (Wildman–Crippen LogP) is 2.19. The molecule has 21 heavy (non-hydrogen) atoms. The van der Waals surface area contributed by atoms with Crippen molar-refractivity contribution in [3.05, 3.63) is 0 Å². The Morgan fingerprint density at radius 1 is 1.33 bits per heavy atom. The number of Topliss-reactive ketones (excluding diaryl/α,β-unsaturated/α-hetero) is 1. The summed E-state index contributed by atoms with van der Waals surface area (Å²) in [5, 5.41) is 10.5. The summed E-state index contributed by atoms with van der Waals surface area (Å²) in [5.41, 5.74) is -1.82. The molecule has 4 bridgehead atoms. The maximum Gasteiger partial charge on any atom is 0.312 e. The number of hydrogen-bond donors (Lipinski definition) is 1. The molecule has 0 radical (unpaired) electrons. The smallest absolute Gasteiger partial charge is 0.312 e. The zero-order valence-electron chi connectivity index (χ0n) is 13.6. The van der Waals surface area contributed by atoms with Gasteiger partial charge in [-0.3, -0.25) is 9.59 Å². The van der Waals surface area contributed by atoms with Crippen LogP contribution in [0.15, 0.2) is 0 Å². The summed E-state index contributed by atoms with van der Waals surface area (Å²) in [5.74, 6) is 0.384. The molecular weight excluding hydrogens is 268 g/mol. The van der Waals surface area contributed by atoms with Crippen LogP contribution in [0, 0.1) is 34.5 Å². The highest BCUT2D eigenvalue weighted by atomic mass is 16.5.